The van der Waals surface area contributed by atoms with E-state index in [1.807, 2.05) is 12.3 Å². The zero-order valence-corrected chi connectivity index (χ0v) is 12.9. The van der Waals surface area contributed by atoms with Gasteiger partial charge in [-0.1, -0.05) is 29.3 Å². The molecular weight excluding hydrogens is 285 g/mol. The fourth-order valence-electron chi connectivity index (χ4n) is 2.06. The number of halogens is 2. The van der Waals surface area contributed by atoms with E-state index in [-0.39, 0.29) is 0 Å². The van der Waals surface area contributed by atoms with E-state index in [4.69, 9.17) is 23.2 Å². The lowest BCUT2D eigenvalue weighted by Gasteiger charge is -2.26. The first-order valence-electron chi connectivity index (χ1n) is 6.02. The maximum atomic E-state index is 6.31. The second-order valence-electron chi connectivity index (χ2n) is 4.65. The van der Waals surface area contributed by atoms with E-state index in [1.54, 1.807) is 11.3 Å². The van der Waals surface area contributed by atoms with Crippen LogP contribution < -0.4 is 0 Å². The van der Waals surface area contributed by atoms with Crippen molar-refractivity contribution in [3.63, 3.8) is 0 Å². The molecule has 0 spiro atoms. The van der Waals surface area contributed by atoms with Crippen LogP contribution >= 0.6 is 34.5 Å². The maximum absolute atomic E-state index is 6.31. The number of likely N-dealkylation sites (N-methyl/N-ethyl adjacent to an activating group) is 1. The van der Waals surface area contributed by atoms with Gasteiger partial charge in [-0.25, -0.2) is 0 Å². The first kappa shape index (κ1) is 14.0. The van der Waals surface area contributed by atoms with Crippen LogP contribution in [-0.4, -0.2) is 22.8 Å². The summed E-state index contributed by atoms with van der Waals surface area (Å²) in [5, 5.41) is 4.12. The summed E-state index contributed by atoms with van der Waals surface area (Å²) in [5.74, 6) is 0. The molecule has 0 atom stereocenters. The molecule has 98 valence electrons. The molecule has 1 aliphatic rings. The van der Waals surface area contributed by atoms with E-state index in [0.717, 1.165) is 24.1 Å². The zero-order valence-electron chi connectivity index (χ0n) is 10.6. The fraction of sp³-hybridized carbons (Fsp3) is 0.429. The molecule has 1 nitrogen and oxygen atoms in total. The van der Waals surface area contributed by atoms with Crippen LogP contribution in [0.1, 0.15) is 25.3 Å². The Hall–Kier alpha value is -0.440. The van der Waals surface area contributed by atoms with Gasteiger partial charge in [0.25, 0.3) is 0 Å². The average Bonchev–Trinajstić information content (AvgIpc) is 2.79. The monoisotopic (exact) mass is 301 g/mol. The largest absolute Gasteiger partial charge is 0.375 e. The van der Waals surface area contributed by atoms with Crippen LogP contribution in [0.3, 0.4) is 0 Å². The van der Waals surface area contributed by atoms with Crippen LogP contribution in [0, 0.1) is 0 Å². The molecule has 0 radical (unpaired) electrons. The van der Waals surface area contributed by atoms with Crippen molar-refractivity contribution in [2.45, 2.75) is 24.1 Å². The normalized spacial score (nSPS) is 17.9. The Bertz CT molecular complexity index is 455. The Morgan fingerprint density at radius 2 is 2.28 bits per heavy atom. The van der Waals surface area contributed by atoms with Crippen molar-refractivity contribution in [2.24, 2.45) is 0 Å². The van der Waals surface area contributed by atoms with Crippen molar-refractivity contribution in [1.82, 2.24) is 4.90 Å². The smallest absolute Gasteiger partial charge is 0.141 e. The van der Waals surface area contributed by atoms with Gasteiger partial charge in [0.05, 0.1) is 0 Å². The molecule has 1 aliphatic heterocycles. The second-order valence-corrected chi connectivity index (χ2v) is 7.14. The molecule has 2 rings (SSSR count). The highest BCUT2D eigenvalue weighted by Crippen LogP contribution is 2.38. The summed E-state index contributed by atoms with van der Waals surface area (Å²) in [6.07, 6.45) is 6.69. The van der Waals surface area contributed by atoms with Crippen LogP contribution in [0.25, 0.3) is 5.57 Å². The quantitative estimate of drug-likeness (QED) is 0.715. The summed E-state index contributed by atoms with van der Waals surface area (Å²) in [6.45, 7) is 2.91. The van der Waals surface area contributed by atoms with Gasteiger partial charge in [-0.3, -0.25) is 0 Å². The van der Waals surface area contributed by atoms with Gasteiger partial charge in [0.15, 0.2) is 0 Å². The minimum atomic E-state index is -0.875. The molecule has 0 saturated heterocycles. The Morgan fingerprint density at radius 3 is 2.83 bits per heavy atom. The first-order valence-corrected chi connectivity index (χ1v) is 7.72. The molecular formula is C14H17Cl2NS. The third-order valence-corrected chi connectivity index (χ3v) is 4.18. The lowest BCUT2D eigenvalue weighted by molar-refractivity contribution is 0.401. The van der Waals surface area contributed by atoms with Gasteiger partial charge in [-0.05, 0) is 53.8 Å². The Kier molecular flexibility index (Phi) is 4.41. The SMILES string of the molecule is CN1CCCC=C1/C=C(/c1ccsc1)C(C)(Cl)Cl. The van der Waals surface area contributed by atoms with Crippen molar-refractivity contribution >= 4 is 40.1 Å². The molecule has 1 aromatic heterocycles. The molecule has 18 heavy (non-hydrogen) atoms. The Balaban J connectivity index is 2.38. The summed E-state index contributed by atoms with van der Waals surface area (Å²) in [5.41, 5.74) is 3.27. The molecule has 1 aromatic rings. The lowest BCUT2D eigenvalue weighted by Crippen LogP contribution is -2.22. The van der Waals surface area contributed by atoms with Crippen molar-refractivity contribution in [3.8, 4) is 0 Å². The highest BCUT2D eigenvalue weighted by molar-refractivity contribution is 7.08. The fourth-order valence-corrected chi connectivity index (χ4v) is 3.04. The van der Waals surface area contributed by atoms with E-state index in [2.05, 4.69) is 35.5 Å². The van der Waals surface area contributed by atoms with Crippen molar-refractivity contribution < 1.29 is 0 Å². The molecule has 0 unspecified atom stereocenters. The van der Waals surface area contributed by atoms with Gasteiger partial charge in [0, 0.05) is 19.3 Å². The number of allylic oxidation sites excluding steroid dienone is 3. The van der Waals surface area contributed by atoms with E-state index in [9.17, 15) is 0 Å². The summed E-state index contributed by atoms with van der Waals surface area (Å²) >= 11 is 14.3. The van der Waals surface area contributed by atoms with E-state index >= 15 is 0 Å². The number of nitrogens with zero attached hydrogens (tertiary/aromatic N) is 1. The number of alkyl halides is 2. The Labute approximate surface area is 123 Å². The third-order valence-electron chi connectivity index (χ3n) is 3.09. The average molecular weight is 302 g/mol. The van der Waals surface area contributed by atoms with Gasteiger partial charge in [-0.2, -0.15) is 11.3 Å². The molecule has 0 fully saturated rings. The zero-order chi connectivity index (χ0) is 13.2. The molecule has 0 bridgehead atoms. The van der Waals surface area contributed by atoms with E-state index in [0.29, 0.717) is 0 Å². The summed E-state index contributed by atoms with van der Waals surface area (Å²) in [4.78, 5) is 2.25. The predicted molar refractivity (Wildman–Crippen MR) is 82.4 cm³/mol. The van der Waals surface area contributed by atoms with Crippen molar-refractivity contribution in [1.29, 1.82) is 0 Å². The van der Waals surface area contributed by atoms with Gasteiger partial charge in [0.1, 0.15) is 4.33 Å². The van der Waals surface area contributed by atoms with Gasteiger partial charge in [-0.15, -0.1) is 0 Å². The highest BCUT2D eigenvalue weighted by Gasteiger charge is 2.25. The van der Waals surface area contributed by atoms with Gasteiger partial charge >= 0.3 is 0 Å². The van der Waals surface area contributed by atoms with Gasteiger partial charge in [0.2, 0.25) is 0 Å². The second kappa shape index (κ2) is 5.68. The molecule has 0 N–H and O–H groups in total. The topological polar surface area (TPSA) is 3.24 Å². The molecule has 0 saturated carbocycles. The standard InChI is InChI=1S/C14H17Cl2NS/c1-14(15,16)13(11-6-8-18-10-11)9-12-5-3-4-7-17(12)2/h5-6,8-10H,3-4,7H2,1-2H3/b13-9-. The number of rotatable bonds is 3. The summed E-state index contributed by atoms with van der Waals surface area (Å²) in [7, 11) is 2.10. The van der Waals surface area contributed by atoms with Crippen LogP contribution in [0.2, 0.25) is 0 Å². The maximum Gasteiger partial charge on any atom is 0.141 e. The lowest BCUT2D eigenvalue weighted by atomic mass is 10.0. The number of thiophene rings is 1. The Morgan fingerprint density at radius 1 is 1.50 bits per heavy atom. The third kappa shape index (κ3) is 3.31. The number of hydrogen-bond donors (Lipinski definition) is 0. The summed E-state index contributed by atoms with van der Waals surface area (Å²) < 4.78 is -0.875. The molecule has 0 amide bonds. The van der Waals surface area contributed by atoms with Crippen LogP contribution in [0.4, 0.5) is 0 Å². The summed E-state index contributed by atoms with van der Waals surface area (Å²) in [6, 6.07) is 2.06. The predicted octanol–water partition coefficient (Wildman–Crippen LogP) is 4.93. The van der Waals surface area contributed by atoms with Crippen molar-refractivity contribution in [3.05, 3.63) is 40.2 Å². The van der Waals surface area contributed by atoms with Gasteiger partial charge < -0.3 is 4.90 Å². The van der Waals surface area contributed by atoms with Crippen LogP contribution in [0.5, 0.6) is 0 Å². The van der Waals surface area contributed by atoms with E-state index < -0.39 is 4.33 Å². The molecule has 0 aliphatic carbocycles. The highest BCUT2D eigenvalue weighted by atomic mass is 35.5. The molecule has 2 heterocycles. The molecule has 0 aromatic carbocycles. The van der Waals surface area contributed by atoms with E-state index in [1.165, 1.54) is 12.1 Å². The minimum absolute atomic E-state index is 0.875. The van der Waals surface area contributed by atoms with Crippen molar-refractivity contribution in [2.75, 3.05) is 13.6 Å². The van der Waals surface area contributed by atoms with Crippen LogP contribution in [0.15, 0.2) is 34.7 Å². The number of hydrogen-bond acceptors (Lipinski definition) is 2. The minimum Gasteiger partial charge on any atom is -0.375 e. The van der Waals surface area contributed by atoms with Crippen LogP contribution in [-0.2, 0) is 0 Å². The first-order chi connectivity index (χ1) is 8.48. The molecule has 4 heteroatoms.